The van der Waals surface area contributed by atoms with Gasteiger partial charge in [0.05, 0.1) is 18.1 Å². The van der Waals surface area contributed by atoms with Crippen molar-refractivity contribution in [3.63, 3.8) is 0 Å². The summed E-state index contributed by atoms with van der Waals surface area (Å²) in [5.41, 5.74) is -0.651. The smallest absolute Gasteiger partial charge is 0.320 e. The Labute approximate surface area is 107 Å². The molecule has 2 amide bonds. The van der Waals surface area contributed by atoms with Crippen LogP contribution in [0.15, 0.2) is 0 Å². The minimum Gasteiger partial charge on any atom is -0.481 e. The summed E-state index contributed by atoms with van der Waals surface area (Å²) in [7, 11) is 1.62. The van der Waals surface area contributed by atoms with Gasteiger partial charge in [0.25, 0.3) is 0 Å². The summed E-state index contributed by atoms with van der Waals surface area (Å²) in [6, 6.07) is -0.232. The average Bonchev–Trinajstić information content (AvgIpc) is 2.69. The number of likely N-dealkylation sites (N-methyl/N-ethyl adjacent to an activating group) is 1. The number of likely N-dealkylation sites (tertiary alicyclic amines) is 1. The molecule has 2 atom stereocenters. The van der Waals surface area contributed by atoms with Crippen LogP contribution in [-0.2, 0) is 4.79 Å². The molecule has 1 heterocycles. The summed E-state index contributed by atoms with van der Waals surface area (Å²) in [5.74, 6) is -1.40. The van der Waals surface area contributed by atoms with Gasteiger partial charge in [-0.25, -0.2) is 4.79 Å². The van der Waals surface area contributed by atoms with Gasteiger partial charge in [-0.05, 0) is 19.8 Å². The third kappa shape index (κ3) is 2.75. The molecule has 2 N–H and O–H groups in total. The van der Waals surface area contributed by atoms with Gasteiger partial charge in [-0.2, -0.15) is 0 Å². The molecule has 2 unspecified atom stereocenters. The summed E-state index contributed by atoms with van der Waals surface area (Å²) in [6.07, 6.45) is 0. The average molecular weight is 258 g/mol. The summed E-state index contributed by atoms with van der Waals surface area (Å²) in [4.78, 5) is 26.2. The Morgan fingerprint density at radius 3 is 2.33 bits per heavy atom. The van der Waals surface area contributed by atoms with Crippen LogP contribution in [0.25, 0.3) is 0 Å². The van der Waals surface area contributed by atoms with Crippen molar-refractivity contribution in [2.24, 2.45) is 11.8 Å². The molecule has 6 nitrogen and oxygen atoms in total. The van der Waals surface area contributed by atoms with Crippen molar-refractivity contribution in [1.29, 1.82) is 0 Å². The van der Waals surface area contributed by atoms with Gasteiger partial charge in [0.15, 0.2) is 0 Å². The minimum absolute atomic E-state index is 0.0444. The van der Waals surface area contributed by atoms with E-state index in [0.29, 0.717) is 6.54 Å². The first kappa shape index (κ1) is 14.8. The van der Waals surface area contributed by atoms with E-state index >= 15 is 0 Å². The number of rotatable bonds is 3. The van der Waals surface area contributed by atoms with Gasteiger partial charge in [0.1, 0.15) is 0 Å². The first-order valence-electron chi connectivity index (χ1n) is 6.07. The van der Waals surface area contributed by atoms with E-state index in [1.54, 1.807) is 25.8 Å². The molecule has 0 aromatic heterocycles. The van der Waals surface area contributed by atoms with Crippen LogP contribution in [0.3, 0.4) is 0 Å². The van der Waals surface area contributed by atoms with E-state index in [1.807, 2.05) is 6.92 Å². The van der Waals surface area contributed by atoms with E-state index in [9.17, 15) is 14.7 Å². The van der Waals surface area contributed by atoms with Crippen molar-refractivity contribution in [2.75, 3.05) is 26.7 Å². The topological polar surface area (TPSA) is 81.1 Å². The van der Waals surface area contributed by atoms with E-state index in [1.165, 1.54) is 4.90 Å². The van der Waals surface area contributed by atoms with Gasteiger partial charge in [0.2, 0.25) is 0 Å². The highest BCUT2D eigenvalue weighted by Gasteiger charge is 2.39. The lowest BCUT2D eigenvalue weighted by Crippen LogP contribution is -2.52. The third-order valence-electron chi connectivity index (χ3n) is 3.78. The molecular formula is C12H22N2O4. The molecule has 0 radical (unpaired) electrons. The largest absolute Gasteiger partial charge is 0.481 e. The Balaban J connectivity index is 2.73. The number of amides is 2. The lowest BCUT2D eigenvalue weighted by molar-refractivity contribution is -0.142. The van der Waals surface area contributed by atoms with Crippen LogP contribution in [0.1, 0.15) is 20.8 Å². The Bertz CT molecular complexity index is 343. The molecule has 0 aromatic rings. The fraction of sp³-hybridized carbons (Fsp3) is 0.833. The Morgan fingerprint density at radius 2 is 1.94 bits per heavy atom. The van der Waals surface area contributed by atoms with Crippen LogP contribution in [0, 0.1) is 11.8 Å². The van der Waals surface area contributed by atoms with Crippen LogP contribution in [0.2, 0.25) is 0 Å². The second kappa shape index (κ2) is 5.14. The predicted molar refractivity (Wildman–Crippen MR) is 66.2 cm³/mol. The summed E-state index contributed by atoms with van der Waals surface area (Å²) < 4.78 is 0. The first-order valence-corrected chi connectivity index (χ1v) is 6.07. The second-order valence-corrected chi connectivity index (χ2v) is 5.64. The fourth-order valence-electron chi connectivity index (χ4n) is 2.02. The highest BCUT2D eigenvalue weighted by atomic mass is 16.4. The van der Waals surface area contributed by atoms with Gasteiger partial charge in [-0.15, -0.1) is 0 Å². The monoisotopic (exact) mass is 258 g/mol. The van der Waals surface area contributed by atoms with Gasteiger partial charge >= 0.3 is 12.0 Å². The highest BCUT2D eigenvalue weighted by molar-refractivity contribution is 5.78. The number of nitrogens with zero attached hydrogens (tertiary/aromatic N) is 2. The summed E-state index contributed by atoms with van der Waals surface area (Å²) in [6.45, 7) is 5.91. The van der Waals surface area contributed by atoms with Gasteiger partial charge in [-0.1, -0.05) is 6.92 Å². The molecule has 1 saturated heterocycles. The van der Waals surface area contributed by atoms with Crippen LogP contribution in [0.5, 0.6) is 0 Å². The molecule has 0 aromatic carbocycles. The van der Waals surface area contributed by atoms with Crippen molar-refractivity contribution in [1.82, 2.24) is 9.80 Å². The van der Waals surface area contributed by atoms with E-state index in [0.717, 1.165) is 0 Å². The van der Waals surface area contributed by atoms with Crippen molar-refractivity contribution >= 4 is 12.0 Å². The van der Waals surface area contributed by atoms with E-state index < -0.39 is 17.4 Å². The molecule has 104 valence electrons. The number of hydrogen-bond donors (Lipinski definition) is 2. The van der Waals surface area contributed by atoms with E-state index in [2.05, 4.69) is 0 Å². The molecule has 0 spiro atoms. The highest BCUT2D eigenvalue weighted by Crippen LogP contribution is 2.25. The number of hydrogen-bond acceptors (Lipinski definition) is 3. The van der Waals surface area contributed by atoms with E-state index in [-0.39, 0.29) is 25.1 Å². The quantitative estimate of drug-likeness (QED) is 0.770. The van der Waals surface area contributed by atoms with Crippen molar-refractivity contribution in [3.8, 4) is 0 Å². The van der Waals surface area contributed by atoms with Crippen LogP contribution in [0.4, 0.5) is 4.79 Å². The van der Waals surface area contributed by atoms with Gasteiger partial charge < -0.3 is 20.0 Å². The maximum absolute atomic E-state index is 12.2. The van der Waals surface area contributed by atoms with Crippen molar-refractivity contribution in [3.05, 3.63) is 0 Å². The molecule has 1 fully saturated rings. The van der Waals surface area contributed by atoms with Crippen LogP contribution < -0.4 is 0 Å². The molecule has 1 aliphatic rings. The molecule has 6 heteroatoms. The SMILES string of the molecule is CC1CN(C(=O)N(C)C(C)(C)CO)CC1C(=O)O. The zero-order chi connectivity index (χ0) is 14.1. The molecule has 0 saturated carbocycles. The van der Waals surface area contributed by atoms with Gasteiger partial charge in [0, 0.05) is 20.1 Å². The third-order valence-corrected chi connectivity index (χ3v) is 3.78. The number of carboxylic acid groups (broad SMARTS) is 1. The van der Waals surface area contributed by atoms with Crippen molar-refractivity contribution in [2.45, 2.75) is 26.3 Å². The molecule has 0 aliphatic carbocycles. The maximum Gasteiger partial charge on any atom is 0.320 e. The van der Waals surface area contributed by atoms with Gasteiger partial charge in [-0.3, -0.25) is 4.79 Å². The molecular weight excluding hydrogens is 236 g/mol. The van der Waals surface area contributed by atoms with E-state index in [4.69, 9.17) is 5.11 Å². The fourth-order valence-corrected chi connectivity index (χ4v) is 2.02. The van der Waals surface area contributed by atoms with Crippen LogP contribution >= 0.6 is 0 Å². The number of carbonyl (C=O) groups excluding carboxylic acids is 1. The number of aliphatic carboxylic acids is 1. The molecule has 1 aliphatic heterocycles. The second-order valence-electron chi connectivity index (χ2n) is 5.64. The molecule has 18 heavy (non-hydrogen) atoms. The molecule has 1 rings (SSSR count). The molecule has 0 bridgehead atoms. The Hall–Kier alpha value is -1.30. The Morgan fingerprint density at radius 1 is 1.39 bits per heavy atom. The maximum atomic E-state index is 12.2. The number of aliphatic hydroxyl groups is 1. The zero-order valence-electron chi connectivity index (χ0n) is 11.4. The van der Waals surface area contributed by atoms with Crippen molar-refractivity contribution < 1.29 is 19.8 Å². The number of carbonyl (C=O) groups is 2. The van der Waals surface area contributed by atoms with Crippen LogP contribution in [-0.4, -0.2) is 64.3 Å². The number of aliphatic hydroxyl groups excluding tert-OH is 1. The standard InChI is InChI=1S/C12H22N2O4/c1-8-5-14(6-9(8)10(16)17)11(18)13(4)12(2,3)7-15/h8-9,15H,5-7H2,1-4H3,(H,16,17). The Kier molecular flexibility index (Phi) is 4.21. The first-order chi connectivity index (χ1) is 8.20. The zero-order valence-corrected chi connectivity index (χ0v) is 11.4. The lowest BCUT2D eigenvalue weighted by Gasteiger charge is -2.36. The predicted octanol–water partition coefficient (Wildman–Crippen LogP) is 0.462. The summed E-state index contributed by atoms with van der Waals surface area (Å²) >= 11 is 0. The normalized spacial score (nSPS) is 24.2. The minimum atomic E-state index is -0.859. The number of carboxylic acids is 1. The lowest BCUT2D eigenvalue weighted by atomic mass is 9.99. The number of urea groups is 1. The summed E-state index contributed by atoms with van der Waals surface area (Å²) in [5, 5.41) is 18.3.